The maximum atomic E-state index is 14.3. The molecular weight excluding hydrogens is 454 g/mol. The zero-order valence-corrected chi connectivity index (χ0v) is 19.3. The minimum Gasteiger partial charge on any atom is -0.368 e. The van der Waals surface area contributed by atoms with E-state index in [1.54, 1.807) is 24.3 Å². The SMILES string of the molecule is C=S(=O)(c1cc(C)cc(C)c1)N(CC(N)=O)c1ccc(Cl)cc1Cc1c(F)cccc1F. The number of rotatable bonds is 7. The van der Waals surface area contributed by atoms with E-state index in [1.807, 2.05) is 19.9 Å². The van der Waals surface area contributed by atoms with Gasteiger partial charge in [-0.3, -0.25) is 9.10 Å². The predicted octanol–water partition coefficient (Wildman–Crippen LogP) is 4.81. The number of nitrogens with zero attached hydrogens (tertiary/aromatic N) is 1. The molecule has 3 rings (SSSR count). The maximum Gasteiger partial charge on any atom is 0.238 e. The molecule has 0 aliphatic carbocycles. The summed E-state index contributed by atoms with van der Waals surface area (Å²) < 4.78 is 43.9. The van der Waals surface area contributed by atoms with Crippen molar-refractivity contribution in [1.29, 1.82) is 0 Å². The number of hydrogen-bond acceptors (Lipinski definition) is 2. The number of carbonyl (C=O) groups excluding carboxylic acids is 1. The summed E-state index contributed by atoms with van der Waals surface area (Å²) in [5.41, 5.74) is 7.73. The molecule has 0 heterocycles. The van der Waals surface area contributed by atoms with Crippen LogP contribution in [0, 0.1) is 25.5 Å². The summed E-state index contributed by atoms with van der Waals surface area (Å²) in [4.78, 5) is 12.3. The average Bonchev–Trinajstić information content (AvgIpc) is 2.68. The van der Waals surface area contributed by atoms with Crippen LogP contribution in [-0.4, -0.2) is 22.5 Å². The van der Waals surface area contributed by atoms with Gasteiger partial charge in [-0.15, -0.1) is 0 Å². The average molecular weight is 477 g/mol. The second kappa shape index (κ2) is 9.30. The van der Waals surface area contributed by atoms with Crippen molar-refractivity contribution in [2.24, 2.45) is 5.73 Å². The number of aryl methyl sites for hydroxylation is 2. The molecule has 2 N–H and O–H groups in total. The number of nitrogens with two attached hydrogens (primary N) is 1. The number of anilines is 1. The number of halogens is 3. The lowest BCUT2D eigenvalue weighted by Gasteiger charge is -2.30. The van der Waals surface area contributed by atoms with Crippen molar-refractivity contribution < 1.29 is 17.8 Å². The van der Waals surface area contributed by atoms with Crippen molar-refractivity contribution in [3.63, 3.8) is 0 Å². The van der Waals surface area contributed by atoms with E-state index in [9.17, 15) is 17.8 Å². The van der Waals surface area contributed by atoms with Gasteiger partial charge in [0, 0.05) is 17.0 Å². The lowest BCUT2D eigenvalue weighted by Crippen LogP contribution is -2.39. The Bertz CT molecular complexity index is 1250. The second-order valence-electron chi connectivity index (χ2n) is 7.62. The third kappa shape index (κ3) is 5.11. The summed E-state index contributed by atoms with van der Waals surface area (Å²) in [6.07, 6.45) is -0.175. The normalized spacial score (nSPS) is 12.9. The van der Waals surface area contributed by atoms with Gasteiger partial charge in [0.25, 0.3) is 0 Å². The summed E-state index contributed by atoms with van der Waals surface area (Å²) in [7, 11) is -3.24. The number of amides is 1. The molecule has 3 aromatic carbocycles. The maximum absolute atomic E-state index is 14.3. The van der Waals surface area contributed by atoms with Crippen LogP contribution in [0.4, 0.5) is 14.5 Å². The molecule has 0 spiro atoms. The molecule has 0 radical (unpaired) electrons. The molecule has 0 saturated heterocycles. The summed E-state index contributed by atoms with van der Waals surface area (Å²) in [5, 5.41) is 0.321. The van der Waals surface area contributed by atoms with Gasteiger partial charge in [-0.05, 0) is 78.9 Å². The van der Waals surface area contributed by atoms with Gasteiger partial charge in [0.15, 0.2) is 0 Å². The highest BCUT2D eigenvalue weighted by atomic mass is 35.5. The van der Waals surface area contributed by atoms with Crippen LogP contribution in [-0.2, 0) is 20.9 Å². The molecule has 0 aromatic heterocycles. The van der Waals surface area contributed by atoms with Crippen LogP contribution in [0.2, 0.25) is 5.02 Å². The quantitative estimate of drug-likeness (QED) is 0.497. The molecule has 1 atom stereocenters. The van der Waals surface area contributed by atoms with E-state index < -0.39 is 33.8 Å². The Morgan fingerprint density at radius 1 is 1.06 bits per heavy atom. The molecule has 32 heavy (non-hydrogen) atoms. The molecule has 168 valence electrons. The summed E-state index contributed by atoms with van der Waals surface area (Å²) in [5.74, 6) is 1.75. The lowest BCUT2D eigenvalue weighted by atomic mass is 10.0. The molecule has 8 heteroatoms. The smallest absolute Gasteiger partial charge is 0.238 e. The molecule has 4 nitrogen and oxygen atoms in total. The van der Waals surface area contributed by atoms with E-state index in [1.165, 1.54) is 16.4 Å². The molecule has 0 fully saturated rings. The Morgan fingerprint density at radius 2 is 1.66 bits per heavy atom. The lowest BCUT2D eigenvalue weighted by molar-refractivity contribution is -0.116. The van der Waals surface area contributed by atoms with Crippen LogP contribution in [0.1, 0.15) is 22.3 Å². The van der Waals surface area contributed by atoms with Gasteiger partial charge in [-0.1, -0.05) is 23.7 Å². The fourth-order valence-electron chi connectivity index (χ4n) is 3.56. The van der Waals surface area contributed by atoms with Crippen LogP contribution in [0.25, 0.3) is 0 Å². The van der Waals surface area contributed by atoms with Crippen molar-refractivity contribution in [2.45, 2.75) is 25.2 Å². The minimum atomic E-state index is -3.24. The Labute approximate surface area is 191 Å². The van der Waals surface area contributed by atoms with Crippen LogP contribution in [0.15, 0.2) is 59.5 Å². The zero-order chi connectivity index (χ0) is 23.6. The van der Waals surface area contributed by atoms with Crippen molar-refractivity contribution in [3.05, 3.63) is 93.5 Å². The van der Waals surface area contributed by atoms with Crippen LogP contribution in [0.3, 0.4) is 0 Å². The molecule has 1 unspecified atom stereocenters. The highest BCUT2D eigenvalue weighted by Crippen LogP contribution is 2.32. The number of hydrogen-bond donors (Lipinski definition) is 1. The first-order valence-electron chi connectivity index (χ1n) is 9.72. The van der Waals surface area contributed by atoms with Gasteiger partial charge in [-0.2, -0.15) is 0 Å². The van der Waals surface area contributed by atoms with Gasteiger partial charge in [0.05, 0.1) is 20.3 Å². The van der Waals surface area contributed by atoms with E-state index in [0.717, 1.165) is 23.3 Å². The topological polar surface area (TPSA) is 63.4 Å². The highest BCUT2D eigenvalue weighted by Gasteiger charge is 2.25. The Hall–Kier alpha value is -2.90. The fourth-order valence-corrected chi connectivity index (χ4v) is 5.59. The molecule has 0 bridgehead atoms. The first kappa shape index (κ1) is 23.8. The Balaban J connectivity index is 2.20. The van der Waals surface area contributed by atoms with E-state index in [2.05, 4.69) is 5.87 Å². The summed E-state index contributed by atoms with van der Waals surface area (Å²) in [6, 6.07) is 13.6. The van der Waals surface area contributed by atoms with Gasteiger partial charge < -0.3 is 5.73 Å². The van der Waals surface area contributed by atoms with E-state index >= 15 is 0 Å². The first-order chi connectivity index (χ1) is 15.0. The van der Waals surface area contributed by atoms with Crippen LogP contribution < -0.4 is 10.0 Å². The van der Waals surface area contributed by atoms with Crippen molar-refractivity contribution in [2.75, 3.05) is 10.8 Å². The molecule has 1 amide bonds. The van der Waals surface area contributed by atoms with Crippen molar-refractivity contribution in [3.8, 4) is 0 Å². The second-order valence-corrected chi connectivity index (χ2v) is 10.2. The van der Waals surface area contributed by atoms with Crippen molar-refractivity contribution in [1.82, 2.24) is 0 Å². The minimum absolute atomic E-state index is 0.169. The van der Waals surface area contributed by atoms with Crippen LogP contribution >= 0.6 is 11.6 Å². The van der Waals surface area contributed by atoms with Crippen LogP contribution in [0.5, 0.6) is 0 Å². The molecule has 0 saturated carbocycles. The monoisotopic (exact) mass is 476 g/mol. The molecule has 3 aromatic rings. The number of benzene rings is 3. The van der Waals surface area contributed by atoms with Gasteiger partial charge in [-0.25, -0.2) is 13.0 Å². The Morgan fingerprint density at radius 3 is 2.22 bits per heavy atom. The van der Waals surface area contributed by atoms with Gasteiger partial charge >= 0.3 is 0 Å². The molecule has 0 aliphatic heterocycles. The summed E-state index contributed by atoms with van der Waals surface area (Å²) in [6.45, 7) is 3.31. The fraction of sp³-hybridized carbons (Fsp3) is 0.167. The third-order valence-corrected chi connectivity index (χ3v) is 7.20. The van der Waals surface area contributed by atoms with Gasteiger partial charge in [0.1, 0.15) is 18.2 Å². The van der Waals surface area contributed by atoms with E-state index in [-0.39, 0.29) is 12.0 Å². The zero-order valence-electron chi connectivity index (χ0n) is 17.7. The number of carbonyl (C=O) groups is 1. The van der Waals surface area contributed by atoms with Crippen molar-refractivity contribution >= 4 is 38.8 Å². The molecule has 0 aliphatic rings. The summed E-state index contributed by atoms with van der Waals surface area (Å²) >= 11 is 6.16. The standard InChI is InChI=1S/C24H23ClF2N2O2S/c1-15-9-16(2)11-19(10-15)32(3,31)29(14-24(28)30)23-8-7-18(25)12-17(23)13-20-21(26)5-4-6-22(20)27/h4-12H,3,13-14H2,1-2H3,(H2,28,30). The predicted molar refractivity (Wildman–Crippen MR) is 127 cm³/mol. The largest absolute Gasteiger partial charge is 0.368 e. The van der Waals surface area contributed by atoms with Gasteiger partial charge in [0.2, 0.25) is 5.91 Å². The van der Waals surface area contributed by atoms with E-state index in [4.69, 9.17) is 17.3 Å². The Kier molecular flexibility index (Phi) is 6.91. The highest BCUT2D eigenvalue weighted by molar-refractivity contribution is 8.01. The van der Waals surface area contributed by atoms with E-state index in [0.29, 0.717) is 21.2 Å². The number of primary amides is 1. The molecular formula is C24H23ClF2N2O2S. The third-order valence-electron chi connectivity index (χ3n) is 4.96. The first-order valence-corrected chi connectivity index (χ1v) is 11.8.